The molecule has 1 amide bonds. The fourth-order valence-electron chi connectivity index (χ4n) is 3.65. The molecule has 36 heavy (non-hydrogen) atoms. The van der Waals surface area contributed by atoms with Crippen LogP contribution in [0.2, 0.25) is 0 Å². The van der Waals surface area contributed by atoms with Crippen molar-refractivity contribution in [3.8, 4) is 0 Å². The largest absolute Gasteiger partial charge is 0.478 e. The van der Waals surface area contributed by atoms with Crippen LogP contribution in [-0.2, 0) is 16.0 Å². The lowest BCUT2D eigenvalue weighted by atomic mass is 10.0. The van der Waals surface area contributed by atoms with Gasteiger partial charge in [0.25, 0.3) is 0 Å². The maximum Gasteiger partial charge on any atom is 0.439 e. The lowest BCUT2D eigenvalue weighted by Crippen LogP contribution is -2.42. The first-order valence-electron chi connectivity index (χ1n) is 11.9. The summed E-state index contributed by atoms with van der Waals surface area (Å²) in [6, 6.07) is 9.69. The van der Waals surface area contributed by atoms with Gasteiger partial charge >= 0.3 is 12.1 Å². The van der Waals surface area contributed by atoms with Crippen molar-refractivity contribution < 1.29 is 24.3 Å². The molecule has 8 nitrogen and oxygen atoms in total. The minimum absolute atomic E-state index is 0.0433. The van der Waals surface area contributed by atoms with Crippen molar-refractivity contribution in [3.63, 3.8) is 0 Å². The van der Waals surface area contributed by atoms with Crippen molar-refractivity contribution in [1.82, 2.24) is 9.38 Å². The van der Waals surface area contributed by atoms with E-state index in [-0.39, 0.29) is 17.7 Å². The number of nitrogens with zero attached hydrogens (tertiary/aromatic N) is 3. The molecule has 0 bridgehead atoms. The zero-order chi connectivity index (χ0) is 26.8. The molecular weight excluding hydrogens is 458 g/mol. The summed E-state index contributed by atoms with van der Waals surface area (Å²) in [6.45, 7) is 14.4. The highest BCUT2D eigenvalue weighted by Gasteiger charge is 2.34. The third kappa shape index (κ3) is 6.31. The van der Waals surface area contributed by atoms with E-state index in [0.29, 0.717) is 16.9 Å². The zero-order valence-electron chi connectivity index (χ0n) is 22.2. The summed E-state index contributed by atoms with van der Waals surface area (Å²) in [6.07, 6.45) is 4.79. The Morgan fingerprint density at radius 1 is 1.06 bits per heavy atom. The van der Waals surface area contributed by atoms with Crippen LogP contribution in [-0.4, -0.2) is 37.8 Å². The van der Waals surface area contributed by atoms with Crippen LogP contribution in [0.15, 0.2) is 42.6 Å². The van der Waals surface area contributed by atoms with Crippen LogP contribution in [0, 0.1) is 13.8 Å². The summed E-state index contributed by atoms with van der Waals surface area (Å²) in [5.74, 6) is -1.12. The van der Waals surface area contributed by atoms with Crippen LogP contribution in [0.1, 0.15) is 74.4 Å². The number of hydrogen-bond donors (Lipinski definition) is 1. The number of amides is 1. The molecular formula is C28H35N3O5. The molecule has 0 radical (unpaired) electrons. The minimum atomic E-state index is -1.12. The van der Waals surface area contributed by atoms with Crippen LogP contribution in [0.5, 0.6) is 0 Å². The van der Waals surface area contributed by atoms with Gasteiger partial charge in [0.05, 0.1) is 16.9 Å². The lowest BCUT2D eigenvalue weighted by Gasteiger charge is -2.33. The Hall–Kier alpha value is -3.65. The Kier molecular flexibility index (Phi) is 7.59. The lowest BCUT2D eigenvalue weighted by molar-refractivity contribution is -0.0355. The summed E-state index contributed by atoms with van der Waals surface area (Å²) >= 11 is 0. The van der Waals surface area contributed by atoms with E-state index in [2.05, 4.69) is 4.98 Å². The SMILES string of the molecule is Cc1nc2c(N(OC(C)(C)C)C(=O)OC(C)(C)C)c(C/C=C/c3ccccc3)c(C(=O)O)cn2c1C. The summed E-state index contributed by atoms with van der Waals surface area (Å²) in [5, 5.41) is 11.2. The number of benzene rings is 1. The maximum atomic E-state index is 13.5. The monoisotopic (exact) mass is 493 g/mol. The van der Waals surface area contributed by atoms with Gasteiger partial charge < -0.3 is 14.2 Å². The first kappa shape index (κ1) is 26.9. The Balaban J connectivity index is 2.30. The van der Waals surface area contributed by atoms with Crippen LogP contribution >= 0.6 is 0 Å². The van der Waals surface area contributed by atoms with E-state index in [4.69, 9.17) is 9.57 Å². The Labute approximate surface area is 212 Å². The molecule has 3 rings (SSSR count). The number of ether oxygens (including phenoxy) is 1. The number of carbonyl (C=O) groups is 2. The summed E-state index contributed by atoms with van der Waals surface area (Å²) in [7, 11) is 0. The highest BCUT2D eigenvalue weighted by molar-refractivity contribution is 5.98. The molecule has 0 saturated heterocycles. The van der Waals surface area contributed by atoms with E-state index in [9.17, 15) is 14.7 Å². The minimum Gasteiger partial charge on any atom is -0.478 e. The number of hydrogen-bond acceptors (Lipinski definition) is 5. The van der Waals surface area contributed by atoms with Crippen LogP contribution in [0.3, 0.4) is 0 Å². The molecule has 0 fully saturated rings. The average molecular weight is 494 g/mol. The third-order valence-electron chi connectivity index (χ3n) is 5.26. The van der Waals surface area contributed by atoms with Gasteiger partial charge in [-0.1, -0.05) is 42.5 Å². The zero-order valence-corrected chi connectivity index (χ0v) is 22.2. The van der Waals surface area contributed by atoms with Crippen molar-refractivity contribution >= 4 is 29.5 Å². The average Bonchev–Trinajstić information content (AvgIpc) is 3.04. The molecule has 1 N–H and O–H groups in total. The van der Waals surface area contributed by atoms with E-state index in [0.717, 1.165) is 16.3 Å². The molecule has 0 aliphatic carbocycles. The number of anilines is 1. The van der Waals surface area contributed by atoms with E-state index < -0.39 is 23.3 Å². The van der Waals surface area contributed by atoms with Crippen molar-refractivity contribution in [2.75, 3.05) is 5.06 Å². The number of imidazole rings is 1. The van der Waals surface area contributed by atoms with Crippen LogP contribution in [0.4, 0.5) is 10.5 Å². The van der Waals surface area contributed by atoms with Crippen LogP contribution in [0.25, 0.3) is 11.7 Å². The molecule has 0 unspecified atom stereocenters. The van der Waals surface area contributed by atoms with E-state index >= 15 is 0 Å². The number of aromatic carboxylic acids is 1. The van der Waals surface area contributed by atoms with Gasteiger partial charge in [-0.15, -0.1) is 5.06 Å². The van der Waals surface area contributed by atoms with Crippen molar-refractivity contribution in [2.24, 2.45) is 0 Å². The summed E-state index contributed by atoms with van der Waals surface area (Å²) < 4.78 is 7.36. The van der Waals surface area contributed by atoms with Gasteiger partial charge in [-0.2, -0.15) is 0 Å². The van der Waals surface area contributed by atoms with Gasteiger partial charge in [0.1, 0.15) is 11.3 Å². The Morgan fingerprint density at radius 2 is 1.69 bits per heavy atom. The number of fused-ring (bicyclic) bond motifs is 1. The van der Waals surface area contributed by atoms with Gasteiger partial charge in [-0.3, -0.25) is 4.84 Å². The van der Waals surface area contributed by atoms with Crippen molar-refractivity contribution in [3.05, 3.63) is 70.7 Å². The van der Waals surface area contributed by atoms with Gasteiger partial charge in [-0.25, -0.2) is 14.6 Å². The molecule has 8 heteroatoms. The van der Waals surface area contributed by atoms with Gasteiger partial charge in [0.15, 0.2) is 5.65 Å². The van der Waals surface area contributed by atoms with E-state index in [1.54, 1.807) is 52.1 Å². The maximum absolute atomic E-state index is 13.5. The second kappa shape index (κ2) is 10.1. The molecule has 1 aromatic carbocycles. The number of carboxylic acids is 1. The Bertz CT molecular complexity index is 1290. The molecule has 0 aliphatic rings. The molecule has 0 saturated carbocycles. The number of aryl methyl sites for hydroxylation is 2. The Morgan fingerprint density at radius 3 is 2.25 bits per heavy atom. The fourth-order valence-corrected chi connectivity index (χ4v) is 3.65. The first-order valence-corrected chi connectivity index (χ1v) is 11.9. The van der Waals surface area contributed by atoms with Crippen LogP contribution < -0.4 is 5.06 Å². The molecule has 0 atom stereocenters. The number of allylic oxidation sites excluding steroid dienone is 1. The predicted molar refractivity (Wildman–Crippen MR) is 140 cm³/mol. The molecule has 0 aliphatic heterocycles. The number of pyridine rings is 1. The fraction of sp³-hybridized carbons (Fsp3) is 0.393. The quantitative estimate of drug-likeness (QED) is 0.401. The molecule has 2 aromatic heterocycles. The van der Waals surface area contributed by atoms with Gasteiger partial charge in [0, 0.05) is 17.5 Å². The highest BCUT2D eigenvalue weighted by Crippen LogP contribution is 2.34. The van der Waals surface area contributed by atoms with Gasteiger partial charge in [-0.05, 0) is 67.4 Å². The normalized spacial score (nSPS) is 12.3. The molecule has 3 aromatic rings. The number of rotatable bonds is 6. The van der Waals surface area contributed by atoms with Gasteiger partial charge in [0.2, 0.25) is 0 Å². The van der Waals surface area contributed by atoms with E-state index in [1.165, 1.54) is 0 Å². The second-order valence-electron chi connectivity index (χ2n) is 10.6. The van der Waals surface area contributed by atoms with Crippen molar-refractivity contribution in [1.29, 1.82) is 0 Å². The van der Waals surface area contributed by atoms with E-state index in [1.807, 2.05) is 56.3 Å². The molecule has 192 valence electrons. The molecule has 0 spiro atoms. The second-order valence-corrected chi connectivity index (χ2v) is 10.6. The highest BCUT2D eigenvalue weighted by atomic mass is 16.7. The first-order chi connectivity index (χ1) is 16.7. The smallest absolute Gasteiger partial charge is 0.439 e. The summed E-state index contributed by atoms with van der Waals surface area (Å²) in [5.41, 5.74) is 1.95. The number of aromatic nitrogens is 2. The number of hydroxylamine groups is 1. The summed E-state index contributed by atoms with van der Waals surface area (Å²) in [4.78, 5) is 36.7. The standard InChI is InChI=1S/C28H35N3O5/c1-18-19(2)30-17-22(25(32)33)21(16-12-15-20-13-10-9-11-14-20)23(24(30)29-18)31(36-28(6,7)8)26(34)35-27(3,4)5/h9-15,17H,16H2,1-8H3,(H,32,33)/b15-12+. The molecule has 2 heterocycles. The van der Waals surface area contributed by atoms with Crippen molar-refractivity contribution in [2.45, 2.75) is 73.0 Å². The number of carbonyl (C=O) groups excluding carboxylic acids is 1. The number of carboxylic acid groups (broad SMARTS) is 1. The topological polar surface area (TPSA) is 93.4 Å². The predicted octanol–water partition coefficient (Wildman–Crippen LogP) is 6.38. The third-order valence-corrected chi connectivity index (χ3v) is 5.26.